The van der Waals surface area contributed by atoms with Crippen molar-refractivity contribution < 1.29 is 4.74 Å². The van der Waals surface area contributed by atoms with Crippen LogP contribution in [0.15, 0.2) is 71.2 Å². The zero-order chi connectivity index (χ0) is 18.0. The maximum Gasteiger partial charge on any atom is 0.213 e. The first-order valence-corrected chi connectivity index (χ1v) is 9.30. The topological polar surface area (TPSA) is 58.5 Å². The number of hydrogen-bond acceptors (Lipinski definition) is 4. The molecule has 0 saturated carbocycles. The Bertz CT molecular complexity index is 819. The third-order valence-corrected chi connectivity index (χ3v) is 4.60. The highest BCUT2D eigenvalue weighted by Gasteiger charge is 2.02. The molecule has 0 spiro atoms. The van der Waals surface area contributed by atoms with E-state index in [-0.39, 0.29) is 0 Å². The lowest BCUT2D eigenvalue weighted by Crippen LogP contribution is -2.36. The van der Waals surface area contributed by atoms with Crippen LogP contribution in [-0.2, 0) is 19.7 Å². The minimum absolute atomic E-state index is 0.509. The molecular formula is C20H22N4OS. The molecule has 0 unspecified atom stereocenters. The van der Waals surface area contributed by atoms with Gasteiger partial charge in [0, 0.05) is 30.7 Å². The van der Waals surface area contributed by atoms with Gasteiger partial charge < -0.3 is 15.4 Å². The number of rotatable bonds is 7. The monoisotopic (exact) mass is 366 g/mol. The van der Waals surface area contributed by atoms with Gasteiger partial charge in [0.05, 0.1) is 6.54 Å². The zero-order valence-electron chi connectivity index (χ0n) is 14.7. The van der Waals surface area contributed by atoms with E-state index in [1.54, 1.807) is 24.6 Å². The minimum atomic E-state index is 0.509. The van der Waals surface area contributed by atoms with Crippen LogP contribution in [0.5, 0.6) is 5.88 Å². The highest BCUT2D eigenvalue weighted by atomic mass is 32.1. The largest absolute Gasteiger partial charge is 0.473 e. The van der Waals surface area contributed by atoms with Gasteiger partial charge in [0.2, 0.25) is 5.88 Å². The van der Waals surface area contributed by atoms with E-state index in [1.165, 1.54) is 4.88 Å². The number of benzene rings is 1. The number of nitrogens with zero attached hydrogens (tertiary/aromatic N) is 2. The van der Waals surface area contributed by atoms with Gasteiger partial charge in [0.25, 0.3) is 0 Å². The molecule has 0 amide bonds. The molecule has 0 bridgehead atoms. The smallest absolute Gasteiger partial charge is 0.213 e. The van der Waals surface area contributed by atoms with Gasteiger partial charge in [-0.1, -0.05) is 36.4 Å². The number of ether oxygens (including phenoxy) is 1. The Morgan fingerprint density at radius 3 is 2.65 bits per heavy atom. The van der Waals surface area contributed by atoms with Crippen LogP contribution in [-0.4, -0.2) is 18.0 Å². The van der Waals surface area contributed by atoms with Crippen LogP contribution in [0.2, 0.25) is 0 Å². The third-order valence-electron chi connectivity index (χ3n) is 3.72. The van der Waals surface area contributed by atoms with Crippen LogP contribution in [0.1, 0.15) is 16.0 Å². The van der Waals surface area contributed by atoms with Crippen LogP contribution < -0.4 is 15.4 Å². The molecule has 1 aromatic carbocycles. The summed E-state index contributed by atoms with van der Waals surface area (Å²) < 4.78 is 5.78. The fraction of sp³-hybridized carbons (Fsp3) is 0.200. The molecule has 2 heterocycles. The summed E-state index contributed by atoms with van der Waals surface area (Å²) in [6, 6.07) is 18.1. The predicted molar refractivity (Wildman–Crippen MR) is 106 cm³/mol. The molecule has 5 nitrogen and oxygen atoms in total. The first-order valence-electron chi connectivity index (χ1n) is 8.42. The summed E-state index contributed by atoms with van der Waals surface area (Å²) >= 11 is 1.73. The molecule has 0 aliphatic carbocycles. The average molecular weight is 366 g/mol. The van der Waals surface area contributed by atoms with Gasteiger partial charge in [-0.25, -0.2) is 4.98 Å². The number of pyridine rings is 1. The number of hydrogen-bond donors (Lipinski definition) is 2. The van der Waals surface area contributed by atoms with Gasteiger partial charge in [-0.2, -0.15) is 0 Å². The maximum absolute atomic E-state index is 5.78. The van der Waals surface area contributed by atoms with Crippen molar-refractivity contribution in [2.75, 3.05) is 7.05 Å². The predicted octanol–water partition coefficient (Wildman–Crippen LogP) is 3.59. The average Bonchev–Trinajstić information content (AvgIpc) is 3.21. The SMILES string of the molecule is CN=C(NCc1ccnc(OCc2ccccc2)c1)NCc1cccs1. The van der Waals surface area contributed by atoms with E-state index in [2.05, 4.69) is 32.1 Å². The molecule has 26 heavy (non-hydrogen) atoms. The fourth-order valence-electron chi connectivity index (χ4n) is 2.36. The maximum atomic E-state index is 5.78. The summed E-state index contributed by atoms with van der Waals surface area (Å²) in [4.78, 5) is 9.80. The van der Waals surface area contributed by atoms with Crippen molar-refractivity contribution in [3.63, 3.8) is 0 Å². The van der Waals surface area contributed by atoms with E-state index in [1.807, 2.05) is 48.5 Å². The Morgan fingerprint density at radius 2 is 1.88 bits per heavy atom. The van der Waals surface area contributed by atoms with Crippen LogP contribution in [0.3, 0.4) is 0 Å². The van der Waals surface area contributed by atoms with Crippen LogP contribution >= 0.6 is 11.3 Å². The van der Waals surface area contributed by atoms with Crippen molar-refractivity contribution in [3.05, 3.63) is 82.2 Å². The quantitative estimate of drug-likeness (QED) is 0.496. The number of thiophene rings is 1. The van der Waals surface area contributed by atoms with Gasteiger partial charge in [0.15, 0.2) is 5.96 Å². The second kappa shape index (κ2) is 9.58. The van der Waals surface area contributed by atoms with E-state index in [0.29, 0.717) is 19.0 Å². The van der Waals surface area contributed by atoms with Crippen LogP contribution in [0, 0.1) is 0 Å². The Morgan fingerprint density at radius 1 is 1.04 bits per heavy atom. The summed E-state index contributed by atoms with van der Waals surface area (Å²) in [5, 5.41) is 8.69. The van der Waals surface area contributed by atoms with Gasteiger partial charge in [-0.05, 0) is 28.6 Å². The van der Waals surface area contributed by atoms with E-state index in [9.17, 15) is 0 Å². The molecule has 0 atom stereocenters. The van der Waals surface area contributed by atoms with Gasteiger partial charge in [-0.3, -0.25) is 4.99 Å². The number of nitrogens with one attached hydrogen (secondary N) is 2. The number of aromatic nitrogens is 1. The van der Waals surface area contributed by atoms with Crippen molar-refractivity contribution in [3.8, 4) is 5.88 Å². The van der Waals surface area contributed by atoms with Crippen LogP contribution in [0.4, 0.5) is 0 Å². The van der Waals surface area contributed by atoms with Crippen LogP contribution in [0.25, 0.3) is 0 Å². The van der Waals surface area contributed by atoms with E-state index < -0.39 is 0 Å². The lowest BCUT2D eigenvalue weighted by molar-refractivity contribution is 0.293. The normalized spacial score (nSPS) is 11.2. The molecule has 2 N–H and O–H groups in total. The molecule has 0 radical (unpaired) electrons. The third kappa shape index (κ3) is 5.60. The fourth-order valence-corrected chi connectivity index (χ4v) is 3.01. The molecule has 2 aromatic heterocycles. The first-order chi connectivity index (χ1) is 12.8. The molecule has 0 aliphatic rings. The summed E-state index contributed by atoms with van der Waals surface area (Å²) in [6.07, 6.45) is 1.76. The number of aliphatic imine (C=N–C) groups is 1. The summed E-state index contributed by atoms with van der Waals surface area (Å²) in [7, 11) is 1.77. The zero-order valence-corrected chi connectivity index (χ0v) is 15.5. The highest BCUT2D eigenvalue weighted by molar-refractivity contribution is 7.09. The van der Waals surface area contributed by atoms with E-state index >= 15 is 0 Å². The number of guanidine groups is 1. The second-order valence-electron chi connectivity index (χ2n) is 5.64. The van der Waals surface area contributed by atoms with E-state index in [0.717, 1.165) is 23.6 Å². The molecule has 6 heteroatoms. The molecule has 0 fully saturated rings. The molecular weight excluding hydrogens is 344 g/mol. The molecule has 134 valence electrons. The highest BCUT2D eigenvalue weighted by Crippen LogP contribution is 2.12. The second-order valence-corrected chi connectivity index (χ2v) is 6.67. The first kappa shape index (κ1) is 17.9. The van der Waals surface area contributed by atoms with Crippen molar-refractivity contribution in [2.24, 2.45) is 4.99 Å². The Kier molecular flexibility index (Phi) is 6.61. The summed E-state index contributed by atoms with van der Waals surface area (Å²) in [5.41, 5.74) is 2.21. The van der Waals surface area contributed by atoms with Gasteiger partial charge >= 0.3 is 0 Å². The molecule has 3 aromatic rings. The van der Waals surface area contributed by atoms with Crippen molar-refractivity contribution in [1.29, 1.82) is 0 Å². The summed E-state index contributed by atoms with van der Waals surface area (Å²) in [5.74, 6) is 1.39. The Labute approximate surface area is 157 Å². The lowest BCUT2D eigenvalue weighted by Gasteiger charge is -2.12. The standard InChI is InChI=1S/C20H22N4OS/c1-21-20(24-14-18-8-5-11-26-18)23-13-17-9-10-22-19(12-17)25-15-16-6-3-2-4-7-16/h2-12H,13-15H2,1H3,(H2,21,23,24). The summed E-state index contributed by atoms with van der Waals surface area (Å²) in [6.45, 7) is 1.92. The van der Waals surface area contributed by atoms with Gasteiger partial charge in [0.1, 0.15) is 6.61 Å². The van der Waals surface area contributed by atoms with E-state index in [4.69, 9.17) is 4.74 Å². The minimum Gasteiger partial charge on any atom is -0.473 e. The Hall–Kier alpha value is -2.86. The molecule has 0 aliphatic heterocycles. The Balaban J connectivity index is 1.49. The molecule has 3 rings (SSSR count). The lowest BCUT2D eigenvalue weighted by atomic mass is 10.2. The molecule has 0 saturated heterocycles. The van der Waals surface area contributed by atoms with Crippen molar-refractivity contribution >= 4 is 17.3 Å². The van der Waals surface area contributed by atoms with Gasteiger partial charge in [-0.15, -0.1) is 11.3 Å². The van der Waals surface area contributed by atoms with Crippen molar-refractivity contribution in [2.45, 2.75) is 19.7 Å². The van der Waals surface area contributed by atoms with Crippen molar-refractivity contribution in [1.82, 2.24) is 15.6 Å².